The molecule has 236 valence electrons. The number of hydrogen-bond donors (Lipinski definition) is 2. The van der Waals surface area contributed by atoms with Crippen molar-refractivity contribution < 1.29 is 0 Å². The Labute approximate surface area is 289 Å². The largest absolute Gasteiger partial charge is 0.405 e. The molecule has 0 fully saturated rings. The molecule has 50 heavy (non-hydrogen) atoms. The fourth-order valence-corrected chi connectivity index (χ4v) is 7.47. The SMILES string of the molecule is N/C=C\C=C(/N)c1ncnc(-c2ccc(-c3ccc4c5c(cccc35)-c3c-4c(-c4ccccc4)c4ccccc4c3-c3ccccc3)cc2)n1. The molecule has 1 aliphatic rings. The van der Waals surface area contributed by atoms with Gasteiger partial charge >= 0.3 is 0 Å². The number of fused-ring (bicyclic) bond motifs is 4. The molecule has 8 aromatic rings. The summed E-state index contributed by atoms with van der Waals surface area (Å²) in [7, 11) is 0. The molecule has 7 aromatic carbocycles. The molecule has 5 nitrogen and oxygen atoms in total. The number of aromatic nitrogens is 3. The van der Waals surface area contributed by atoms with E-state index in [1.165, 1.54) is 84.1 Å². The number of hydrogen-bond acceptors (Lipinski definition) is 5. The lowest BCUT2D eigenvalue weighted by Crippen LogP contribution is -2.04. The Kier molecular flexibility index (Phi) is 7.03. The molecule has 4 N–H and O–H groups in total. The maximum atomic E-state index is 6.16. The van der Waals surface area contributed by atoms with Gasteiger partial charge in [-0.05, 0) is 95.5 Å². The van der Waals surface area contributed by atoms with Crippen molar-refractivity contribution in [3.8, 4) is 67.0 Å². The zero-order valence-electron chi connectivity index (χ0n) is 27.1. The van der Waals surface area contributed by atoms with E-state index in [0.29, 0.717) is 17.3 Å². The maximum Gasteiger partial charge on any atom is 0.179 e. The first-order valence-electron chi connectivity index (χ1n) is 16.6. The zero-order valence-corrected chi connectivity index (χ0v) is 27.1. The lowest BCUT2D eigenvalue weighted by Gasteiger charge is -2.20. The number of nitrogens with two attached hydrogens (primary N) is 2. The van der Waals surface area contributed by atoms with Crippen LogP contribution in [0.3, 0.4) is 0 Å². The highest BCUT2D eigenvalue weighted by atomic mass is 15.0. The third-order valence-electron chi connectivity index (χ3n) is 9.59. The fraction of sp³-hybridized carbons (Fsp3) is 0. The van der Waals surface area contributed by atoms with Crippen LogP contribution in [-0.2, 0) is 0 Å². The van der Waals surface area contributed by atoms with Gasteiger partial charge in [-0.25, -0.2) is 15.0 Å². The Hall–Kier alpha value is -6.85. The quantitative estimate of drug-likeness (QED) is 0.176. The van der Waals surface area contributed by atoms with Crippen LogP contribution in [0.2, 0.25) is 0 Å². The standard InChI is InChI=1S/C45H31N5/c46-26-10-19-38(47)45-49-27-48-44(50-45)31-22-20-28(21-23-31)32-24-25-37-41-33(32)17-9-18-36(41)42-39(29-11-3-1-4-12-29)34-15-7-8-16-35(34)40(43(37)42)30-13-5-2-6-14-30/h1-27H,46-47H2/b26-10-,38-19-. The summed E-state index contributed by atoms with van der Waals surface area (Å²) in [6.45, 7) is 0. The molecule has 0 saturated heterocycles. The molecular weight excluding hydrogens is 611 g/mol. The Balaban J connectivity index is 1.25. The summed E-state index contributed by atoms with van der Waals surface area (Å²) in [6, 6.07) is 50.2. The van der Waals surface area contributed by atoms with Crippen LogP contribution in [0, 0.1) is 0 Å². The second-order valence-electron chi connectivity index (χ2n) is 12.4. The molecule has 0 radical (unpaired) electrons. The van der Waals surface area contributed by atoms with Crippen LogP contribution < -0.4 is 11.5 Å². The second-order valence-corrected chi connectivity index (χ2v) is 12.4. The molecule has 0 aliphatic heterocycles. The minimum Gasteiger partial charge on any atom is -0.405 e. The first kappa shape index (κ1) is 29.3. The van der Waals surface area contributed by atoms with Crippen LogP contribution in [0.4, 0.5) is 0 Å². The van der Waals surface area contributed by atoms with Crippen LogP contribution in [0.25, 0.3) is 94.3 Å². The van der Waals surface area contributed by atoms with Gasteiger partial charge in [-0.2, -0.15) is 0 Å². The van der Waals surface area contributed by atoms with Crippen molar-refractivity contribution >= 4 is 27.2 Å². The predicted octanol–water partition coefficient (Wildman–Crippen LogP) is 10.3. The van der Waals surface area contributed by atoms with Gasteiger partial charge in [0.1, 0.15) is 6.33 Å². The first-order chi connectivity index (χ1) is 24.7. The van der Waals surface area contributed by atoms with E-state index < -0.39 is 0 Å². The smallest absolute Gasteiger partial charge is 0.179 e. The minimum atomic E-state index is 0.404. The molecule has 0 unspecified atom stereocenters. The fourth-order valence-electron chi connectivity index (χ4n) is 7.47. The van der Waals surface area contributed by atoms with Crippen LogP contribution in [0.1, 0.15) is 5.82 Å². The van der Waals surface area contributed by atoms with Gasteiger partial charge in [0, 0.05) is 5.56 Å². The summed E-state index contributed by atoms with van der Waals surface area (Å²) in [4.78, 5) is 13.3. The van der Waals surface area contributed by atoms with Gasteiger partial charge in [0.25, 0.3) is 0 Å². The van der Waals surface area contributed by atoms with Gasteiger partial charge in [0.2, 0.25) is 0 Å². The molecule has 1 aromatic heterocycles. The molecule has 0 bridgehead atoms. The van der Waals surface area contributed by atoms with Crippen LogP contribution in [-0.4, -0.2) is 15.0 Å². The normalized spacial score (nSPS) is 12.2. The van der Waals surface area contributed by atoms with Gasteiger partial charge in [0.05, 0.1) is 5.70 Å². The molecular formula is C45H31N5. The van der Waals surface area contributed by atoms with Crippen molar-refractivity contribution in [1.29, 1.82) is 0 Å². The highest BCUT2D eigenvalue weighted by molar-refractivity contribution is 6.28. The lowest BCUT2D eigenvalue weighted by molar-refractivity contribution is 1.02. The number of rotatable bonds is 6. The number of benzene rings is 7. The van der Waals surface area contributed by atoms with Crippen molar-refractivity contribution in [2.24, 2.45) is 11.5 Å². The molecule has 0 spiro atoms. The van der Waals surface area contributed by atoms with Crippen LogP contribution in [0.15, 0.2) is 164 Å². The van der Waals surface area contributed by atoms with Crippen LogP contribution in [0.5, 0.6) is 0 Å². The third-order valence-corrected chi connectivity index (χ3v) is 9.59. The predicted molar refractivity (Wildman–Crippen MR) is 207 cm³/mol. The summed E-state index contributed by atoms with van der Waals surface area (Å²) in [5.41, 5.74) is 25.3. The Morgan fingerprint density at radius 3 is 1.68 bits per heavy atom. The highest BCUT2D eigenvalue weighted by Gasteiger charge is 2.31. The van der Waals surface area contributed by atoms with Gasteiger partial charge in [-0.1, -0.05) is 140 Å². The van der Waals surface area contributed by atoms with Crippen molar-refractivity contribution in [2.45, 2.75) is 0 Å². The average Bonchev–Trinajstić information content (AvgIpc) is 3.51. The van der Waals surface area contributed by atoms with E-state index in [-0.39, 0.29) is 0 Å². The number of nitrogens with zero attached hydrogens (tertiary/aromatic N) is 3. The Bertz CT molecular complexity index is 2550. The zero-order chi connectivity index (χ0) is 33.6. The van der Waals surface area contributed by atoms with E-state index >= 15 is 0 Å². The molecule has 1 heterocycles. The molecule has 0 atom stereocenters. The summed E-state index contributed by atoms with van der Waals surface area (Å²) >= 11 is 0. The van der Waals surface area contributed by atoms with Crippen LogP contribution >= 0.6 is 0 Å². The minimum absolute atomic E-state index is 0.404. The molecule has 0 saturated carbocycles. The van der Waals surface area contributed by atoms with Gasteiger partial charge in [-0.15, -0.1) is 0 Å². The molecule has 0 amide bonds. The molecule has 1 aliphatic carbocycles. The van der Waals surface area contributed by atoms with E-state index in [2.05, 4.69) is 154 Å². The summed E-state index contributed by atoms with van der Waals surface area (Å²) < 4.78 is 0. The van der Waals surface area contributed by atoms with Crippen molar-refractivity contribution in [3.05, 3.63) is 170 Å². The molecule has 5 heteroatoms. The van der Waals surface area contributed by atoms with Crippen molar-refractivity contribution in [3.63, 3.8) is 0 Å². The Morgan fingerprint density at radius 1 is 0.480 bits per heavy atom. The first-order valence-corrected chi connectivity index (χ1v) is 16.6. The third kappa shape index (κ3) is 4.67. The average molecular weight is 642 g/mol. The van der Waals surface area contributed by atoms with Crippen molar-refractivity contribution in [1.82, 2.24) is 15.0 Å². The van der Waals surface area contributed by atoms with E-state index in [1.54, 1.807) is 12.2 Å². The topological polar surface area (TPSA) is 90.7 Å². The highest BCUT2D eigenvalue weighted by Crippen LogP contribution is 2.58. The van der Waals surface area contributed by atoms with E-state index in [4.69, 9.17) is 11.5 Å². The monoisotopic (exact) mass is 641 g/mol. The lowest BCUT2D eigenvalue weighted by atomic mass is 9.82. The second kappa shape index (κ2) is 12.0. The number of allylic oxidation sites excluding steroid dienone is 2. The summed E-state index contributed by atoms with van der Waals surface area (Å²) in [5, 5.41) is 5.02. The Morgan fingerprint density at radius 2 is 1.04 bits per heavy atom. The van der Waals surface area contributed by atoms with Gasteiger partial charge < -0.3 is 11.5 Å². The summed E-state index contributed by atoms with van der Waals surface area (Å²) in [6.07, 6.45) is 6.22. The summed E-state index contributed by atoms with van der Waals surface area (Å²) in [5.74, 6) is 0.959. The van der Waals surface area contributed by atoms with E-state index in [0.717, 1.165) is 11.1 Å². The van der Waals surface area contributed by atoms with E-state index in [1.807, 2.05) is 0 Å². The van der Waals surface area contributed by atoms with E-state index in [9.17, 15) is 0 Å². The van der Waals surface area contributed by atoms with Crippen molar-refractivity contribution in [2.75, 3.05) is 0 Å². The maximum absolute atomic E-state index is 6.16. The molecule has 9 rings (SSSR count). The van der Waals surface area contributed by atoms with Gasteiger partial charge in [-0.3, -0.25) is 0 Å². The van der Waals surface area contributed by atoms with Gasteiger partial charge in [0.15, 0.2) is 11.6 Å².